The number of halogens is 1. The predicted octanol–water partition coefficient (Wildman–Crippen LogP) is 0.748. The molecule has 1 aromatic carbocycles. The Morgan fingerprint density at radius 3 is 3.06 bits per heavy atom. The number of benzene rings is 1. The van der Waals surface area contributed by atoms with Gasteiger partial charge in [-0.2, -0.15) is 5.10 Å². The topological polar surface area (TPSA) is 101 Å². The average molecular weight is 344 g/mol. The Bertz CT molecular complexity index is 552. The number of phenols is 1. The summed E-state index contributed by atoms with van der Waals surface area (Å²) >= 11 is 2.15. The molecule has 0 aliphatic carbocycles. The summed E-state index contributed by atoms with van der Waals surface area (Å²) in [4.78, 5) is 0. The molecule has 0 bridgehead atoms. The molecule has 0 saturated carbocycles. The number of hydrazone groups is 1. The zero-order chi connectivity index (χ0) is 12.3. The monoisotopic (exact) mass is 344 g/mol. The van der Waals surface area contributed by atoms with Gasteiger partial charge in [0.1, 0.15) is 12.1 Å². The number of phenolic OH excluding ortho intramolecular Hbond substituents is 1. The van der Waals surface area contributed by atoms with Crippen LogP contribution in [0.2, 0.25) is 0 Å². The average Bonchev–Trinajstić information content (AvgIpc) is 2.70. The van der Waals surface area contributed by atoms with Gasteiger partial charge in [0.2, 0.25) is 0 Å². The molecule has 0 fully saturated rings. The third kappa shape index (κ3) is 2.84. The van der Waals surface area contributed by atoms with Crippen LogP contribution < -0.4 is 11.3 Å². The molecule has 0 saturated heterocycles. The highest BCUT2D eigenvalue weighted by Gasteiger charge is 2.00. The summed E-state index contributed by atoms with van der Waals surface area (Å²) in [6.45, 7) is 0. The fraction of sp³-hybridized carbons (Fsp3) is 0. The van der Waals surface area contributed by atoms with Crippen molar-refractivity contribution in [2.75, 3.05) is 11.3 Å². The van der Waals surface area contributed by atoms with Crippen LogP contribution in [0.5, 0.6) is 5.75 Å². The molecule has 17 heavy (non-hydrogen) atoms. The van der Waals surface area contributed by atoms with E-state index in [9.17, 15) is 5.11 Å². The Labute approximate surface area is 110 Å². The van der Waals surface area contributed by atoms with Gasteiger partial charge in [-0.3, -0.25) is 0 Å². The van der Waals surface area contributed by atoms with Crippen LogP contribution in [0.3, 0.4) is 0 Å². The fourth-order valence-electron chi connectivity index (χ4n) is 1.11. The van der Waals surface area contributed by atoms with Crippen LogP contribution in [0, 0.1) is 3.57 Å². The molecule has 88 valence electrons. The zero-order valence-corrected chi connectivity index (χ0v) is 10.7. The highest BCUT2D eigenvalue weighted by atomic mass is 127. The first kappa shape index (κ1) is 11.6. The number of hydrogen-bond acceptors (Lipinski definition) is 6. The molecule has 2 rings (SSSR count). The lowest BCUT2D eigenvalue weighted by molar-refractivity contribution is 0.474. The molecule has 0 radical (unpaired) electrons. The van der Waals surface area contributed by atoms with Crippen LogP contribution in [0.15, 0.2) is 29.6 Å². The number of nitrogens with zero attached hydrogens (tertiary/aromatic N) is 4. The van der Waals surface area contributed by atoms with E-state index in [4.69, 9.17) is 5.84 Å². The maximum Gasteiger partial charge on any atom is 0.263 e. The van der Waals surface area contributed by atoms with Gasteiger partial charge < -0.3 is 10.9 Å². The number of anilines is 1. The van der Waals surface area contributed by atoms with Gasteiger partial charge in [0.05, 0.1) is 6.21 Å². The first-order valence-corrected chi connectivity index (χ1v) is 5.67. The second-order valence-electron chi connectivity index (χ2n) is 3.13. The first-order valence-electron chi connectivity index (χ1n) is 4.59. The standard InChI is InChI=1S/C9H9IN6O/c10-7-1-2-8(17)6(3-7)4-12-14-9-15-13-5-16(9)11/h1-5,17H,11H2,(H,14,15)/b12-4-. The molecule has 1 aromatic heterocycles. The summed E-state index contributed by atoms with van der Waals surface area (Å²) in [6, 6.07) is 5.21. The van der Waals surface area contributed by atoms with Gasteiger partial charge in [-0.05, 0) is 40.8 Å². The molecule has 1 heterocycles. The molecular weight excluding hydrogens is 335 g/mol. The lowest BCUT2D eigenvalue weighted by Gasteiger charge is -2.00. The highest BCUT2D eigenvalue weighted by molar-refractivity contribution is 14.1. The number of rotatable bonds is 3. The molecule has 7 nitrogen and oxygen atoms in total. The van der Waals surface area contributed by atoms with Crippen molar-refractivity contribution in [3.63, 3.8) is 0 Å². The lowest BCUT2D eigenvalue weighted by Crippen LogP contribution is -2.10. The van der Waals surface area contributed by atoms with Crippen molar-refractivity contribution in [1.29, 1.82) is 0 Å². The second-order valence-corrected chi connectivity index (χ2v) is 4.38. The van der Waals surface area contributed by atoms with Gasteiger partial charge in [-0.25, -0.2) is 10.1 Å². The fourth-order valence-corrected chi connectivity index (χ4v) is 1.63. The number of aromatic nitrogens is 3. The number of hydrogen-bond donors (Lipinski definition) is 3. The Morgan fingerprint density at radius 2 is 2.35 bits per heavy atom. The van der Waals surface area contributed by atoms with E-state index in [1.165, 1.54) is 17.2 Å². The molecule has 4 N–H and O–H groups in total. The van der Waals surface area contributed by atoms with Gasteiger partial charge >= 0.3 is 0 Å². The van der Waals surface area contributed by atoms with Crippen molar-refractivity contribution in [1.82, 2.24) is 14.9 Å². The van der Waals surface area contributed by atoms with E-state index >= 15 is 0 Å². The molecule has 0 unspecified atom stereocenters. The molecule has 2 aromatic rings. The lowest BCUT2D eigenvalue weighted by atomic mass is 10.2. The molecule has 0 aliphatic heterocycles. The van der Waals surface area contributed by atoms with E-state index < -0.39 is 0 Å². The maximum absolute atomic E-state index is 9.57. The summed E-state index contributed by atoms with van der Waals surface area (Å²) in [6.07, 6.45) is 2.83. The van der Waals surface area contributed by atoms with E-state index in [2.05, 4.69) is 43.3 Å². The number of aromatic hydroxyl groups is 1. The van der Waals surface area contributed by atoms with E-state index in [1.807, 2.05) is 0 Å². The summed E-state index contributed by atoms with van der Waals surface area (Å²) < 4.78 is 2.20. The van der Waals surface area contributed by atoms with Gasteiger partial charge in [-0.1, -0.05) is 0 Å². The summed E-state index contributed by atoms with van der Waals surface area (Å²) in [5, 5.41) is 20.7. The largest absolute Gasteiger partial charge is 0.507 e. The maximum atomic E-state index is 9.57. The van der Waals surface area contributed by atoms with Crippen LogP contribution in [-0.4, -0.2) is 26.2 Å². The van der Waals surface area contributed by atoms with Crippen molar-refractivity contribution in [2.45, 2.75) is 0 Å². The van der Waals surface area contributed by atoms with E-state index in [0.29, 0.717) is 11.5 Å². The van der Waals surface area contributed by atoms with Gasteiger partial charge in [0.25, 0.3) is 5.95 Å². The number of nitrogens with one attached hydrogen (secondary N) is 1. The number of nitrogens with two attached hydrogens (primary N) is 1. The Hall–Kier alpha value is -1.84. The molecular formula is C9H9IN6O. The van der Waals surface area contributed by atoms with Crippen LogP contribution in [0.1, 0.15) is 5.56 Å². The summed E-state index contributed by atoms with van der Waals surface area (Å²) in [5.41, 5.74) is 3.21. The minimum absolute atomic E-state index is 0.158. The van der Waals surface area contributed by atoms with E-state index in [0.717, 1.165) is 3.57 Å². The first-order chi connectivity index (χ1) is 8.16. The van der Waals surface area contributed by atoms with Gasteiger partial charge in [0, 0.05) is 9.13 Å². The summed E-state index contributed by atoms with van der Waals surface area (Å²) in [7, 11) is 0. The van der Waals surface area contributed by atoms with Crippen molar-refractivity contribution in [2.24, 2.45) is 5.10 Å². The van der Waals surface area contributed by atoms with Crippen molar-refractivity contribution in [3.8, 4) is 5.75 Å². The quantitative estimate of drug-likeness (QED) is 0.330. The van der Waals surface area contributed by atoms with Crippen molar-refractivity contribution >= 4 is 34.8 Å². The third-order valence-corrected chi connectivity index (χ3v) is 2.60. The van der Waals surface area contributed by atoms with Crippen LogP contribution in [-0.2, 0) is 0 Å². The molecule has 8 heteroatoms. The van der Waals surface area contributed by atoms with Crippen LogP contribution in [0.25, 0.3) is 0 Å². The van der Waals surface area contributed by atoms with Gasteiger partial charge in [0.15, 0.2) is 0 Å². The van der Waals surface area contributed by atoms with Crippen LogP contribution >= 0.6 is 22.6 Å². The molecule has 0 atom stereocenters. The Morgan fingerprint density at radius 1 is 1.53 bits per heavy atom. The molecule has 0 amide bonds. The zero-order valence-electron chi connectivity index (χ0n) is 8.58. The van der Waals surface area contributed by atoms with Gasteiger partial charge in [-0.15, -0.1) is 10.2 Å². The minimum atomic E-state index is 0.158. The second kappa shape index (κ2) is 4.99. The molecule has 0 aliphatic rings. The highest BCUT2D eigenvalue weighted by Crippen LogP contribution is 2.17. The van der Waals surface area contributed by atoms with E-state index in [1.54, 1.807) is 18.2 Å². The Kier molecular flexibility index (Phi) is 3.42. The number of nitrogen functional groups attached to an aromatic ring is 1. The van der Waals surface area contributed by atoms with E-state index in [-0.39, 0.29) is 5.75 Å². The minimum Gasteiger partial charge on any atom is -0.507 e. The Balaban J connectivity index is 2.10. The summed E-state index contributed by atoms with van der Waals surface area (Å²) in [5.74, 6) is 5.95. The third-order valence-electron chi connectivity index (χ3n) is 1.93. The normalized spacial score (nSPS) is 10.9. The van der Waals surface area contributed by atoms with Crippen LogP contribution in [0.4, 0.5) is 5.95 Å². The predicted molar refractivity (Wildman–Crippen MR) is 72.2 cm³/mol. The van der Waals surface area contributed by atoms with Crippen molar-refractivity contribution < 1.29 is 5.11 Å². The SMILES string of the molecule is Nn1cnnc1N/N=C\c1cc(I)ccc1O. The smallest absolute Gasteiger partial charge is 0.263 e. The van der Waals surface area contributed by atoms with Crippen molar-refractivity contribution in [3.05, 3.63) is 33.7 Å². The molecule has 0 spiro atoms.